The first-order valence-corrected chi connectivity index (χ1v) is 7.19. The topological polar surface area (TPSA) is 66.7 Å². The Morgan fingerprint density at radius 1 is 1.38 bits per heavy atom. The molecule has 1 saturated heterocycles. The number of carbonyl (C=O) groups is 2. The minimum absolute atomic E-state index is 0.0745. The minimum atomic E-state index is -0.103. The predicted molar refractivity (Wildman–Crippen MR) is 77.7 cm³/mol. The van der Waals surface area contributed by atoms with Crippen LogP contribution in [0.2, 0.25) is 0 Å². The average Bonchev–Trinajstić information content (AvgIpc) is 3.05. The molecule has 0 radical (unpaired) electrons. The lowest BCUT2D eigenvalue weighted by atomic mass is 10.3. The molecule has 0 bridgehead atoms. The van der Waals surface area contributed by atoms with Gasteiger partial charge in [0.25, 0.3) is 0 Å². The largest absolute Gasteiger partial charge is 0.354 e. The van der Waals surface area contributed by atoms with Crippen molar-refractivity contribution in [2.45, 2.75) is 19.3 Å². The van der Waals surface area contributed by atoms with E-state index < -0.39 is 0 Å². The minimum Gasteiger partial charge on any atom is -0.354 e. The van der Waals surface area contributed by atoms with Gasteiger partial charge in [-0.05, 0) is 18.6 Å². The summed E-state index contributed by atoms with van der Waals surface area (Å²) < 4.78 is 1.96. The monoisotopic (exact) mass is 286 g/mol. The number of fused-ring (bicyclic) bond motifs is 1. The summed E-state index contributed by atoms with van der Waals surface area (Å²) in [6.07, 6.45) is 6.01. The molecule has 2 aromatic rings. The second-order valence-electron chi connectivity index (χ2n) is 5.22. The van der Waals surface area contributed by atoms with E-state index in [1.807, 2.05) is 35.0 Å². The number of nitrogens with one attached hydrogen (secondary N) is 1. The van der Waals surface area contributed by atoms with Gasteiger partial charge in [0.15, 0.2) is 0 Å². The van der Waals surface area contributed by atoms with Crippen LogP contribution >= 0.6 is 0 Å². The van der Waals surface area contributed by atoms with Gasteiger partial charge in [0, 0.05) is 38.3 Å². The van der Waals surface area contributed by atoms with Crippen LogP contribution in [-0.4, -0.2) is 45.7 Å². The van der Waals surface area contributed by atoms with E-state index in [2.05, 4.69) is 10.3 Å². The second-order valence-corrected chi connectivity index (χ2v) is 5.22. The van der Waals surface area contributed by atoms with Crippen LogP contribution in [0.15, 0.2) is 30.6 Å². The summed E-state index contributed by atoms with van der Waals surface area (Å²) >= 11 is 0. The highest BCUT2D eigenvalue weighted by molar-refractivity contribution is 5.85. The molecule has 0 aliphatic carbocycles. The summed E-state index contributed by atoms with van der Waals surface area (Å²) in [7, 11) is 0. The molecule has 3 rings (SSSR count). The predicted octanol–water partition coefficient (Wildman–Crippen LogP) is 0.615. The van der Waals surface area contributed by atoms with Crippen LogP contribution in [0.3, 0.4) is 0 Å². The summed E-state index contributed by atoms with van der Waals surface area (Å²) in [6, 6.07) is 5.84. The Morgan fingerprint density at radius 3 is 3.05 bits per heavy atom. The Morgan fingerprint density at radius 2 is 2.29 bits per heavy atom. The second kappa shape index (κ2) is 5.95. The van der Waals surface area contributed by atoms with E-state index >= 15 is 0 Å². The van der Waals surface area contributed by atoms with E-state index in [0.29, 0.717) is 25.9 Å². The number of rotatable bonds is 5. The maximum absolute atomic E-state index is 11.8. The fourth-order valence-corrected chi connectivity index (χ4v) is 2.54. The molecule has 0 saturated carbocycles. The van der Waals surface area contributed by atoms with Crippen LogP contribution in [0.4, 0.5) is 0 Å². The molecule has 1 fully saturated rings. The van der Waals surface area contributed by atoms with Gasteiger partial charge in [0.1, 0.15) is 5.65 Å². The van der Waals surface area contributed by atoms with Crippen molar-refractivity contribution in [2.24, 2.45) is 0 Å². The molecular formula is C15H18N4O2. The lowest BCUT2D eigenvalue weighted by Gasteiger charge is -2.14. The van der Waals surface area contributed by atoms with E-state index in [1.165, 1.54) is 0 Å². The highest BCUT2D eigenvalue weighted by Gasteiger charge is 2.21. The lowest BCUT2D eigenvalue weighted by molar-refractivity contribution is -0.133. The van der Waals surface area contributed by atoms with E-state index in [0.717, 1.165) is 17.8 Å². The third-order valence-corrected chi connectivity index (χ3v) is 3.62. The SMILES string of the molecule is O=C(CN1CCCC1=O)NCCc1cn2ccccc2n1. The third-order valence-electron chi connectivity index (χ3n) is 3.62. The van der Waals surface area contributed by atoms with E-state index in [9.17, 15) is 9.59 Å². The number of likely N-dealkylation sites (tertiary alicyclic amines) is 1. The molecule has 2 aromatic heterocycles. The van der Waals surface area contributed by atoms with Crippen LogP contribution in [0, 0.1) is 0 Å². The molecule has 0 unspecified atom stereocenters. The van der Waals surface area contributed by atoms with Crippen molar-refractivity contribution < 1.29 is 9.59 Å². The van der Waals surface area contributed by atoms with Gasteiger partial charge in [0.05, 0.1) is 12.2 Å². The molecule has 6 nitrogen and oxygen atoms in total. The molecule has 21 heavy (non-hydrogen) atoms. The number of carbonyl (C=O) groups excluding carboxylic acids is 2. The van der Waals surface area contributed by atoms with Crippen LogP contribution in [0.5, 0.6) is 0 Å². The van der Waals surface area contributed by atoms with Gasteiger partial charge in [-0.1, -0.05) is 6.07 Å². The normalized spacial score (nSPS) is 14.9. The summed E-state index contributed by atoms with van der Waals surface area (Å²) in [5.74, 6) is -0.0282. The number of nitrogens with zero attached hydrogens (tertiary/aromatic N) is 3. The Hall–Kier alpha value is -2.37. The average molecular weight is 286 g/mol. The van der Waals surface area contributed by atoms with Crippen molar-refractivity contribution in [2.75, 3.05) is 19.6 Å². The summed E-state index contributed by atoms with van der Waals surface area (Å²) in [5, 5.41) is 2.84. The molecule has 1 aliphatic rings. The maximum Gasteiger partial charge on any atom is 0.239 e. The molecule has 3 heterocycles. The Labute approximate surface area is 122 Å². The summed E-state index contributed by atoms with van der Waals surface area (Å²) in [5.41, 5.74) is 1.85. The lowest BCUT2D eigenvalue weighted by Crippen LogP contribution is -2.38. The van der Waals surface area contributed by atoms with Gasteiger partial charge in [-0.2, -0.15) is 0 Å². The van der Waals surface area contributed by atoms with Gasteiger partial charge in [-0.25, -0.2) is 4.98 Å². The smallest absolute Gasteiger partial charge is 0.239 e. The third kappa shape index (κ3) is 3.21. The van der Waals surface area contributed by atoms with E-state index in [4.69, 9.17) is 0 Å². The molecular weight excluding hydrogens is 268 g/mol. The first-order valence-electron chi connectivity index (χ1n) is 7.19. The van der Waals surface area contributed by atoms with Gasteiger partial charge < -0.3 is 14.6 Å². The van der Waals surface area contributed by atoms with E-state index in [1.54, 1.807) is 4.90 Å². The number of hydrogen-bond donors (Lipinski definition) is 1. The Bertz CT molecular complexity index is 631. The van der Waals surface area contributed by atoms with Gasteiger partial charge in [0.2, 0.25) is 11.8 Å². The zero-order valence-electron chi connectivity index (χ0n) is 11.8. The maximum atomic E-state index is 11.8. The zero-order chi connectivity index (χ0) is 14.7. The molecule has 1 N–H and O–H groups in total. The number of amides is 2. The zero-order valence-corrected chi connectivity index (χ0v) is 11.8. The van der Waals surface area contributed by atoms with Crippen molar-refractivity contribution in [3.8, 4) is 0 Å². The van der Waals surface area contributed by atoms with E-state index in [-0.39, 0.29) is 18.4 Å². The number of aromatic nitrogens is 2. The molecule has 1 aliphatic heterocycles. The Kier molecular flexibility index (Phi) is 3.85. The summed E-state index contributed by atoms with van der Waals surface area (Å²) in [4.78, 5) is 29.3. The van der Waals surface area contributed by atoms with Crippen molar-refractivity contribution >= 4 is 17.5 Å². The highest BCUT2D eigenvalue weighted by atomic mass is 16.2. The quantitative estimate of drug-likeness (QED) is 0.876. The standard InChI is InChI=1S/C15H18N4O2/c20-14(11-19-9-3-5-15(19)21)16-7-6-12-10-18-8-2-1-4-13(18)17-12/h1-2,4,8,10H,3,5-7,9,11H2,(H,16,20). The molecule has 0 spiro atoms. The van der Waals surface area contributed by atoms with Crippen molar-refractivity contribution in [3.63, 3.8) is 0 Å². The van der Waals surface area contributed by atoms with Gasteiger partial charge in [-0.15, -0.1) is 0 Å². The van der Waals surface area contributed by atoms with Crippen LogP contribution < -0.4 is 5.32 Å². The van der Waals surface area contributed by atoms with Crippen LogP contribution in [-0.2, 0) is 16.0 Å². The van der Waals surface area contributed by atoms with Crippen LogP contribution in [0.1, 0.15) is 18.5 Å². The van der Waals surface area contributed by atoms with Gasteiger partial charge >= 0.3 is 0 Å². The first kappa shape index (κ1) is 13.6. The summed E-state index contributed by atoms with van der Waals surface area (Å²) in [6.45, 7) is 1.40. The molecule has 6 heteroatoms. The Balaban J connectivity index is 1.47. The van der Waals surface area contributed by atoms with Crippen LogP contribution in [0.25, 0.3) is 5.65 Å². The van der Waals surface area contributed by atoms with Crippen molar-refractivity contribution in [3.05, 3.63) is 36.3 Å². The molecule has 110 valence electrons. The number of pyridine rings is 1. The van der Waals surface area contributed by atoms with Crippen molar-refractivity contribution in [1.29, 1.82) is 0 Å². The molecule has 2 amide bonds. The van der Waals surface area contributed by atoms with Crippen molar-refractivity contribution in [1.82, 2.24) is 19.6 Å². The number of hydrogen-bond acceptors (Lipinski definition) is 3. The fourth-order valence-electron chi connectivity index (χ4n) is 2.54. The molecule has 0 atom stereocenters. The molecule has 0 aromatic carbocycles. The fraction of sp³-hybridized carbons (Fsp3) is 0.400. The number of imidazole rings is 1. The highest BCUT2D eigenvalue weighted by Crippen LogP contribution is 2.08. The van der Waals surface area contributed by atoms with Gasteiger partial charge in [-0.3, -0.25) is 9.59 Å². The first-order chi connectivity index (χ1) is 10.2.